The lowest BCUT2D eigenvalue weighted by atomic mass is 9.92. The van der Waals surface area contributed by atoms with Crippen LogP contribution >= 0.6 is 12.4 Å². The molecule has 2 atom stereocenters. The van der Waals surface area contributed by atoms with Crippen LogP contribution in [0.15, 0.2) is 47.3 Å². The smallest absolute Gasteiger partial charge is 0.267 e. The van der Waals surface area contributed by atoms with Crippen LogP contribution < -0.4 is 10.9 Å². The summed E-state index contributed by atoms with van der Waals surface area (Å²) in [5.41, 5.74) is 1.40. The second kappa shape index (κ2) is 8.67. The maximum atomic E-state index is 12.8. The van der Waals surface area contributed by atoms with Crippen molar-refractivity contribution in [2.24, 2.45) is 11.8 Å². The second-order valence-corrected chi connectivity index (χ2v) is 7.22. The largest absolute Gasteiger partial charge is 0.341 e. The molecule has 1 N–H and O–H groups in total. The summed E-state index contributed by atoms with van der Waals surface area (Å²) in [5, 5.41) is 7.85. The van der Waals surface area contributed by atoms with Crippen molar-refractivity contribution in [1.82, 2.24) is 20.0 Å². The molecule has 2 fully saturated rings. The summed E-state index contributed by atoms with van der Waals surface area (Å²) in [7, 11) is 0. The maximum Gasteiger partial charge on any atom is 0.267 e. The van der Waals surface area contributed by atoms with Crippen molar-refractivity contribution in [2.75, 3.05) is 26.2 Å². The molecule has 27 heavy (non-hydrogen) atoms. The highest BCUT2D eigenvalue weighted by molar-refractivity contribution is 5.85. The van der Waals surface area contributed by atoms with Gasteiger partial charge in [0.25, 0.3) is 5.56 Å². The molecule has 0 bridgehead atoms. The average Bonchev–Trinajstić information content (AvgIpc) is 3.02. The summed E-state index contributed by atoms with van der Waals surface area (Å²) in [4.78, 5) is 26.8. The molecule has 0 aliphatic carbocycles. The van der Waals surface area contributed by atoms with E-state index in [-0.39, 0.29) is 30.4 Å². The molecule has 144 valence electrons. The number of likely N-dealkylation sites (tertiary alicyclic amines) is 1. The topological polar surface area (TPSA) is 67.2 Å². The van der Waals surface area contributed by atoms with E-state index in [0.29, 0.717) is 17.5 Å². The lowest BCUT2D eigenvalue weighted by Crippen LogP contribution is -2.38. The van der Waals surface area contributed by atoms with Crippen molar-refractivity contribution in [3.63, 3.8) is 0 Å². The van der Waals surface area contributed by atoms with Crippen molar-refractivity contribution < 1.29 is 4.79 Å². The first-order chi connectivity index (χ1) is 12.7. The normalized spacial score (nSPS) is 21.9. The lowest BCUT2D eigenvalue weighted by molar-refractivity contribution is -0.132. The molecule has 2 saturated heterocycles. The van der Waals surface area contributed by atoms with Crippen molar-refractivity contribution in [2.45, 2.75) is 19.4 Å². The fraction of sp³-hybridized carbons (Fsp3) is 0.450. The van der Waals surface area contributed by atoms with E-state index in [2.05, 4.69) is 10.4 Å². The summed E-state index contributed by atoms with van der Waals surface area (Å²) < 4.78 is 1.29. The van der Waals surface area contributed by atoms with Crippen LogP contribution in [0.25, 0.3) is 11.3 Å². The van der Waals surface area contributed by atoms with Gasteiger partial charge in [0, 0.05) is 24.7 Å². The molecule has 2 aliphatic heterocycles. The predicted molar refractivity (Wildman–Crippen MR) is 107 cm³/mol. The molecule has 0 saturated carbocycles. The average molecular weight is 389 g/mol. The summed E-state index contributed by atoms with van der Waals surface area (Å²) >= 11 is 0. The Balaban J connectivity index is 0.00000210. The fourth-order valence-electron chi connectivity index (χ4n) is 4.02. The highest BCUT2D eigenvalue weighted by atomic mass is 35.5. The van der Waals surface area contributed by atoms with Crippen molar-refractivity contribution in [3.8, 4) is 11.3 Å². The Kier molecular flexibility index (Phi) is 6.29. The van der Waals surface area contributed by atoms with Gasteiger partial charge in [-0.15, -0.1) is 12.4 Å². The van der Waals surface area contributed by atoms with Crippen LogP contribution in [0.3, 0.4) is 0 Å². The van der Waals surface area contributed by atoms with E-state index in [4.69, 9.17) is 0 Å². The Morgan fingerprint density at radius 2 is 1.70 bits per heavy atom. The van der Waals surface area contributed by atoms with Crippen LogP contribution in [0, 0.1) is 11.8 Å². The van der Waals surface area contributed by atoms with Gasteiger partial charge in [-0.25, -0.2) is 4.68 Å². The third-order valence-electron chi connectivity index (χ3n) is 5.59. The monoisotopic (exact) mass is 388 g/mol. The van der Waals surface area contributed by atoms with E-state index < -0.39 is 0 Å². The number of amides is 1. The molecule has 3 heterocycles. The first-order valence-electron chi connectivity index (χ1n) is 9.33. The van der Waals surface area contributed by atoms with Crippen LogP contribution in [0.1, 0.15) is 12.8 Å². The minimum Gasteiger partial charge on any atom is -0.341 e. The van der Waals surface area contributed by atoms with Crippen molar-refractivity contribution >= 4 is 18.3 Å². The zero-order valence-electron chi connectivity index (χ0n) is 15.2. The molecule has 1 aromatic heterocycles. The van der Waals surface area contributed by atoms with Crippen LogP contribution in [-0.2, 0) is 11.3 Å². The third-order valence-corrected chi connectivity index (χ3v) is 5.59. The standard InChI is InChI=1S/C20H24N4O2.ClH/c25-19-7-6-18(15-4-2-1-3-5-15)22-24(19)14-20(26)23-10-8-16-12-21-13-17(16)9-11-23;/h1-7,16-17,21H,8-14H2;1H/t16-,17+;. The summed E-state index contributed by atoms with van der Waals surface area (Å²) in [5.74, 6) is 1.34. The molecule has 2 aromatic rings. The van der Waals surface area contributed by atoms with Gasteiger partial charge in [0.05, 0.1) is 5.69 Å². The SMILES string of the molecule is Cl.O=C(Cn1nc(-c2ccccc2)ccc1=O)N1CC[C@@H]2CNC[C@@H]2CC1. The highest BCUT2D eigenvalue weighted by Gasteiger charge is 2.31. The van der Waals surface area contributed by atoms with Gasteiger partial charge >= 0.3 is 0 Å². The number of halogens is 1. The van der Waals surface area contributed by atoms with Crippen molar-refractivity contribution in [1.29, 1.82) is 0 Å². The Morgan fingerprint density at radius 1 is 1.04 bits per heavy atom. The molecule has 2 aliphatic rings. The number of benzene rings is 1. The van der Waals surface area contributed by atoms with E-state index in [1.165, 1.54) is 10.7 Å². The zero-order valence-corrected chi connectivity index (χ0v) is 16.0. The summed E-state index contributed by atoms with van der Waals surface area (Å²) in [6, 6.07) is 12.9. The van der Waals surface area contributed by atoms with E-state index in [1.54, 1.807) is 6.07 Å². The predicted octanol–water partition coefficient (Wildman–Crippen LogP) is 1.79. The number of fused-ring (bicyclic) bond motifs is 1. The second-order valence-electron chi connectivity index (χ2n) is 7.22. The van der Waals surface area contributed by atoms with Gasteiger partial charge in [-0.1, -0.05) is 30.3 Å². The molecule has 7 heteroatoms. The van der Waals surface area contributed by atoms with Gasteiger partial charge < -0.3 is 10.2 Å². The van der Waals surface area contributed by atoms with Gasteiger partial charge in [-0.05, 0) is 43.8 Å². The third kappa shape index (κ3) is 4.39. The molecule has 1 aromatic carbocycles. The minimum atomic E-state index is -0.242. The Hall–Kier alpha value is -2.18. The quantitative estimate of drug-likeness (QED) is 0.870. The summed E-state index contributed by atoms with van der Waals surface area (Å²) in [6.07, 6.45) is 2.07. The van der Waals surface area contributed by atoms with Crippen molar-refractivity contribution in [3.05, 3.63) is 52.8 Å². The molecular formula is C20H25ClN4O2. The van der Waals surface area contributed by atoms with E-state index in [1.807, 2.05) is 35.2 Å². The molecule has 4 rings (SSSR count). The number of carbonyl (C=O) groups excluding carboxylic acids is 1. The lowest BCUT2D eigenvalue weighted by Gasteiger charge is -2.21. The number of aromatic nitrogens is 2. The first kappa shape index (κ1) is 19.6. The van der Waals surface area contributed by atoms with Crippen LogP contribution in [0.5, 0.6) is 0 Å². The Bertz CT molecular complexity index is 825. The number of carbonyl (C=O) groups is 1. The number of hydrogen-bond acceptors (Lipinski definition) is 4. The van der Waals surface area contributed by atoms with Gasteiger partial charge in [0.2, 0.25) is 5.91 Å². The number of nitrogens with one attached hydrogen (secondary N) is 1. The number of hydrogen-bond donors (Lipinski definition) is 1. The van der Waals surface area contributed by atoms with Crippen LogP contribution in [0.2, 0.25) is 0 Å². The van der Waals surface area contributed by atoms with Gasteiger partial charge in [-0.2, -0.15) is 5.10 Å². The maximum absolute atomic E-state index is 12.8. The Morgan fingerprint density at radius 3 is 2.37 bits per heavy atom. The molecule has 0 spiro atoms. The fourth-order valence-corrected chi connectivity index (χ4v) is 4.02. The molecular weight excluding hydrogens is 364 g/mol. The van der Waals surface area contributed by atoms with Crippen LogP contribution in [0.4, 0.5) is 0 Å². The molecule has 6 nitrogen and oxygen atoms in total. The molecule has 0 radical (unpaired) electrons. The summed E-state index contributed by atoms with van der Waals surface area (Å²) in [6.45, 7) is 3.68. The highest BCUT2D eigenvalue weighted by Crippen LogP contribution is 2.27. The minimum absolute atomic E-state index is 0. The number of nitrogens with zero attached hydrogens (tertiary/aromatic N) is 3. The molecule has 0 unspecified atom stereocenters. The van der Waals surface area contributed by atoms with E-state index >= 15 is 0 Å². The van der Waals surface area contributed by atoms with E-state index in [0.717, 1.165) is 44.6 Å². The van der Waals surface area contributed by atoms with E-state index in [9.17, 15) is 9.59 Å². The van der Waals surface area contributed by atoms with Gasteiger partial charge in [0.15, 0.2) is 0 Å². The number of rotatable bonds is 3. The first-order valence-corrected chi connectivity index (χ1v) is 9.33. The van der Waals surface area contributed by atoms with Crippen LogP contribution in [-0.4, -0.2) is 46.8 Å². The Labute approximate surface area is 165 Å². The molecule has 1 amide bonds. The zero-order chi connectivity index (χ0) is 17.9. The van der Waals surface area contributed by atoms with Gasteiger partial charge in [-0.3, -0.25) is 9.59 Å². The van der Waals surface area contributed by atoms with Gasteiger partial charge in [0.1, 0.15) is 6.54 Å².